The molecule has 8 nitrogen and oxygen atoms in total. The molecule has 1 aromatic rings. The molecule has 5 heterocycles. The average Bonchev–Trinajstić information content (AvgIpc) is 3.26. The Kier molecular flexibility index (Phi) is 5.95. The molecular formula is C23H32N4O4. The Bertz CT molecular complexity index is 828. The van der Waals surface area contributed by atoms with Gasteiger partial charge < -0.3 is 19.7 Å². The Morgan fingerprint density at radius 3 is 2.87 bits per heavy atom. The highest BCUT2D eigenvalue weighted by Crippen LogP contribution is 2.41. The summed E-state index contributed by atoms with van der Waals surface area (Å²) in [5.74, 6) is 0.619. The Hall–Kier alpha value is -2.03. The third-order valence-electron chi connectivity index (χ3n) is 7.20. The molecule has 1 N–H and O–H groups in total. The number of pyridine rings is 1. The monoisotopic (exact) mass is 428 g/mol. The van der Waals surface area contributed by atoms with Gasteiger partial charge >= 0.3 is 0 Å². The average molecular weight is 429 g/mol. The summed E-state index contributed by atoms with van der Waals surface area (Å²) in [6, 6.07) is 3.67. The number of aromatic nitrogens is 1. The molecule has 0 unspecified atom stereocenters. The van der Waals surface area contributed by atoms with Crippen LogP contribution in [0.1, 0.15) is 36.9 Å². The van der Waals surface area contributed by atoms with Crippen LogP contribution in [0.25, 0.3) is 0 Å². The third kappa shape index (κ3) is 4.33. The Balaban J connectivity index is 1.33. The Morgan fingerprint density at radius 2 is 2.06 bits per heavy atom. The second kappa shape index (κ2) is 8.84. The zero-order chi connectivity index (χ0) is 21.4. The van der Waals surface area contributed by atoms with Crippen LogP contribution in [0.2, 0.25) is 0 Å². The minimum atomic E-state index is -0.410. The van der Waals surface area contributed by atoms with E-state index in [-0.39, 0.29) is 30.1 Å². The number of aryl methyl sites for hydroxylation is 1. The summed E-state index contributed by atoms with van der Waals surface area (Å²) < 4.78 is 11.3. The first kappa shape index (κ1) is 20.8. The first-order chi connectivity index (χ1) is 15.1. The van der Waals surface area contributed by atoms with Gasteiger partial charge in [-0.15, -0.1) is 0 Å². The molecule has 4 atom stereocenters. The quantitative estimate of drug-likeness (QED) is 0.756. The maximum Gasteiger partial charge on any atom is 0.243 e. The normalized spacial score (nSPS) is 31.5. The summed E-state index contributed by atoms with van der Waals surface area (Å²) in [4.78, 5) is 35.0. The minimum absolute atomic E-state index is 0.0535. The maximum absolute atomic E-state index is 13.4. The van der Waals surface area contributed by atoms with E-state index in [1.54, 1.807) is 6.20 Å². The van der Waals surface area contributed by atoms with Gasteiger partial charge in [-0.1, -0.05) is 0 Å². The molecule has 2 amide bonds. The van der Waals surface area contributed by atoms with Crippen LogP contribution in [0.4, 0.5) is 0 Å². The molecule has 4 aliphatic rings. The lowest BCUT2D eigenvalue weighted by atomic mass is 9.71. The number of hydrogen-bond acceptors (Lipinski definition) is 6. The van der Waals surface area contributed by atoms with Gasteiger partial charge in [0, 0.05) is 44.2 Å². The molecule has 0 aromatic carbocycles. The van der Waals surface area contributed by atoms with Crippen LogP contribution in [-0.2, 0) is 25.6 Å². The number of fused-ring (bicyclic) bond motifs is 4. The van der Waals surface area contributed by atoms with Gasteiger partial charge in [-0.25, -0.2) is 0 Å². The van der Waals surface area contributed by atoms with Gasteiger partial charge in [0.25, 0.3) is 0 Å². The van der Waals surface area contributed by atoms with Crippen LogP contribution >= 0.6 is 0 Å². The Morgan fingerprint density at radius 1 is 1.26 bits per heavy atom. The number of carbonyl (C=O) groups excluding carboxylic acids is 2. The van der Waals surface area contributed by atoms with Crippen molar-refractivity contribution >= 4 is 11.8 Å². The molecule has 4 aliphatic heterocycles. The number of amides is 2. The molecule has 168 valence electrons. The van der Waals surface area contributed by atoms with Crippen molar-refractivity contribution in [1.29, 1.82) is 0 Å². The molecule has 0 spiro atoms. The SMILES string of the molecule is Cc1ccnc(CNC(=O)[C@H]2[C@H]3C[C@H](CN(CC4OCCO4)C3)[C@@H]3CCCC(=O)N32)c1. The van der Waals surface area contributed by atoms with Crippen molar-refractivity contribution in [1.82, 2.24) is 20.1 Å². The van der Waals surface area contributed by atoms with Gasteiger partial charge in [-0.05, 0) is 49.8 Å². The number of hydrogen-bond donors (Lipinski definition) is 1. The van der Waals surface area contributed by atoms with Crippen LogP contribution < -0.4 is 5.32 Å². The number of nitrogens with one attached hydrogen (secondary N) is 1. The highest BCUT2D eigenvalue weighted by Gasteiger charge is 2.52. The van der Waals surface area contributed by atoms with E-state index in [4.69, 9.17) is 9.47 Å². The lowest BCUT2D eigenvalue weighted by Crippen LogP contribution is -2.68. The topological polar surface area (TPSA) is 84.0 Å². The molecule has 4 saturated heterocycles. The van der Waals surface area contributed by atoms with Crippen LogP contribution in [0, 0.1) is 18.8 Å². The summed E-state index contributed by atoms with van der Waals surface area (Å²) in [5.41, 5.74) is 1.95. The molecule has 2 bridgehead atoms. The van der Waals surface area contributed by atoms with Gasteiger partial charge in [-0.2, -0.15) is 0 Å². The predicted octanol–water partition coefficient (Wildman–Crippen LogP) is 1.08. The molecule has 5 rings (SSSR count). The van der Waals surface area contributed by atoms with E-state index < -0.39 is 6.04 Å². The van der Waals surface area contributed by atoms with E-state index in [0.717, 1.165) is 50.2 Å². The number of ether oxygens (including phenoxy) is 2. The van der Waals surface area contributed by atoms with Crippen molar-refractivity contribution in [2.45, 2.75) is 57.5 Å². The lowest BCUT2D eigenvalue weighted by molar-refractivity contribution is -0.162. The lowest BCUT2D eigenvalue weighted by Gasteiger charge is -2.56. The third-order valence-corrected chi connectivity index (χ3v) is 7.20. The van der Waals surface area contributed by atoms with Gasteiger partial charge in [-0.3, -0.25) is 19.5 Å². The highest BCUT2D eigenvalue weighted by atomic mass is 16.7. The molecule has 0 saturated carbocycles. The molecule has 0 aliphatic carbocycles. The molecular weight excluding hydrogens is 396 g/mol. The van der Waals surface area contributed by atoms with Gasteiger partial charge in [0.2, 0.25) is 11.8 Å². The van der Waals surface area contributed by atoms with Crippen LogP contribution in [0.3, 0.4) is 0 Å². The maximum atomic E-state index is 13.4. The van der Waals surface area contributed by atoms with E-state index >= 15 is 0 Å². The van der Waals surface area contributed by atoms with Crippen molar-refractivity contribution in [2.75, 3.05) is 32.8 Å². The zero-order valence-corrected chi connectivity index (χ0v) is 18.2. The van der Waals surface area contributed by atoms with E-state index in [2.05, 4.69) is 15.2 Å². The molecule has 1 aromatic heterocycles. The van der Waals surface area contributed by atoms with E-state index in [1.165, 1.54) is 0 Å². The van der Waals surface area contributed by atoms with E-state index in [9.17, 15) is 9.59 Å². The summed E-state index contributed by atoms with van der Waals surface area (Å²) >= 11 is 0. The van der Waals surface area contributed by atoms with Gasteiger partial charge in [0.1, 0.15) is 6.04 Å². The first-order valence-corrected chi connectivity index (χ1v) is 11.5. The van der Waals surface area contributed by atoms with E-state index in [1.807, 2.05) is 24.0 Å². The highest BCUT2D eigenvalue weighted by molar-refractivity contribution is 5.89. The van der Waals surface area contributed by atoms with Gasteiger partial charge in [0.05, 0.1) is 25.5 Å². The van der Waals surface area contributed by atoms with Crippen molar-refractivity contribution in [2.24, 2.45) is 11.8 Å². The number of piperidine rings is 3. The van der Waals surface area contributed by atoms with Crippen LogP contribution in [0.15, 0.2) is 18.3 Å². The number of carbonyl (C=O) groups is 2. The zero-order valence-electron chi connectivity index (χ0n) is 18.2. The largest absolute Gasteiger partial charge is 0.349 e. The fourth-order valence-electron chi connectivity index (χ4n) is 5.94. The standard InChI is InChI=1S/C23H32N4O4/c1-15-5-6-24-18(9-15)11-25-23(29)22-17-10-16(19-3-2-4-20(28)27(19)22)12-26(13-17)14-21-30-7-8-31-21/h5-6,9,16-17,19,21-22H,2-4,7-8,10-14H2,1H3,(H,25,29)/t16-,17+,19+,22-/m1/s1. The first-order valence-electron chi connectivity index (χ1n) is 11.5. The summed E-state index contributed by atoms with van der Waals surface area (Å²) in [6.07, 6.45) is 5.03. The van der Waals surface area contributed by atoms with Crippen molar-refractivity contribution in [3.8, 4) is 0 Å². The van der Waals surface area contributed by atoms with Crippen LogP contribution in [-0.4, -0.2) is 77.8 Å². The number of likely N-dealkylation sites (tertiary alicyclic amines) is 1. The van der Waals surface area contributed by atoms with Crippen molar-refractivity contribution in [3.05, 3.63) is 29.6 Å². The number of nitrogens with zero attached hydrogens (tertiary/aromatic N) is 3. The smallest absolute Gasteiger partial charge is 0.243 e. The fraction of sp³-hybridized carbons (Fsp3) is 0.696. The van der Waals surface area contributed by atoms with Crippen LogP contribution in [0.5, 0.6) is 0 Å². The molecule has 8 heteroatoms. The van der Waals surface area contributed by atoms with Crippen molar-refractivity contribution in [3.63, 3.8) is 0 Å². The summed E-state index contributed by atoms with van der Waals surface area (Å²) in [6.45, 7) is 6.15. The predicted molar refractivity (Wildman–Crippen MR) is 113 cm³/mol. The van der Waals surface area contributed by atoms with E-state index in [0.29, 0.717) is 32.1 Å². The summed E-state index contributed by atoms with van der Waals surface area (Å²) in [7, 11) is 0. The minimum Gasteiger partial charge on any atom is -0.349 e. The number of rotatable bonds is 5. The summed E-state index contributed by atoms with van der Waals surface area (Å²) in [5, 5.41) is 3.08. The molecule has 4 fully saturated rings. The van der Waals surface area contributed by atoms with Gasteiger partial charge in [0.15, 0.2) is 6.29 Å². The molecule has 0 radical (unpaired) electrons. The second-order valence-electron chi connectivity index (χ2n) is 9.39. The van der Waals surface area contributed by atoms with Crippen molar-refractivity contribution < 1.29 is 19.1 Å². The molecule has 31 heavy (non-hydrogen) atoms. The Labute approximate surface area is 183 Å². The fourth-order valence-corrected chi connectivity index (χ4v) is 5.94. The second-order valence-corrected chi connectivity index (χ2v) is 9.39.